The summed E-state index contributed by atoms with van der Waals surface area (Å²) in [6, 6.07) is 18.0. The molecule has 96 valence electrons. The summed E-state index contributed by atoms with van der Waals surface area (Å²) in [6.07, 6.45) is 0. The second kappa shape index (κ2) is 4.12. The first-order chi connectivity index (χ1) is 9.14. The number of carbonyl (C=O) groups excluding carboxylic acids is 1. The Morgan fingerprint density at radius 3 is 2.37 bits per heavy atom. The monoisotopic (exact) mass is 252 g/mol. The lowest BCUT2D eigenvalue weighted by atomic mass is 9.81. The maximum Gasteiger partial charge on any atom is 0.322 e. The second-order valence-electron chi connectivity index (χ2n) is 4.97. The smallest absolute Gasteiger partial charge is 0.314 e. The number of para-hydroxylation sites is 1. The highest BCUT2D eigenvalue weighted by molar-refractivity contribution is 5.94. The van der Waals surface area contributed by atoms with Crippen LogP contribution in [-0.4, -0.2) is 18.0 Å². The summed E-state index contributed by atoms with van der Waals surface area (Å²) in [5.41, 5.74) is 2.67. The first-order valence-electron chi connectivity index (χ1n) is 6.34. The van der Waals surface area contributed by atoms with E-state index >= 15 is 0 Å². The molecule has 0 bridgehead atoms. The van der Waals surface area contributed by atoms with E-state index in [0.29, 0.717) is 0 Å². The highest BCUT2D eigenvalue weighted by Gasteiger charge is 2.41. The topological polar surface area (TPSA) is 32.3 Å². The Bertz CT molecular complexity index is 624. The summed E-state index contributed by atoms with van der Waals surface area (Å²) >= 11 is 0. The molecule has 3 nitrogen and oxygen atoms in total. The Morgan fingerprint density at radius 1 is 1.00 bits per heavy atom. The molecule has 2 aromatic carbocycles. The molecule has 2 amide bonds. The Morgan fingerprint density at radius 2 is 1.63 bits per heavy atom. The van der Waals surface area contributed by atoms with E-state index in [-0.39, 0.29) is 6.03 Å². The minimum absolute atomic E-state index is 0.0787. The number of carbonyl (C=O) groups is 1. The molecule has 0 saturated heterocycles. The number of nitrogens with zero attached hydrogens (tertiary/aromatic N) is 1. The van der Waals surface area contributed by atoms with Crippen LogP contribution < -0.4 is 5.32 Å². The molecule has 0 spiro atoms. The van der Waals surface area contributed by atoms with Crippen LogP contribution in [0.4, 0.5) is 10.5 Å². The van der Waals surface area contributed by atoms with Crippen LogP contribution in [-0.2, 0) is 5.54 Å². The predicted octanol–water partition coefficient (Wildman–Crippen LogP) is 3.43. The third-order valence-corrected chi connectivity index (χ3v) is 4.00. The summed E-state index contributed by atoms with van der Waals surface area (Å²) in [5, 5.41) is 2.92. The fourth-order valence-electron chi connectivity index (χ4n) is 2.71. The van der Waals surface area contributed by atoms with E-state index in [9.17, 15) is 4.79 Å². The van der Waals surface area contributed by atoms with Crippen molar-refractivity contribution in [1.29, 1.82) is 0 Å². The number of anilines is 1. The Balaban J connectivity index is 2.26. The average Bonchev–Trinajstić information content (AvgIpc) is 2.46. The molecule has 3 rings (SSSR count). The van der Waals surface area contributed by atoms with Gasteiger partial charge in [0, 0.05) is 18.3 Å². The van der Waals surface area contributed by atoms with Gasteiger partial charge in [0.1, 0.15) is 0 Å². The van der Waals surface area contributed by atoms with Crippen molar-refractivity contribution in [3.63, 3.8) is 0 Å². The van der Waals surface area contributed by atoms with E-state index in [0.717, 1.165) is 16.8 Å². The number of amides is 2. The van der Waals surface area contributed by atoms with Gasteiger partial charge in [-0.15, -0.1) is 0 Å². The van der Waals surface area contributed by atoms with Crippen LogP contribution in [0, 0.1) is 0 Å². The lowest BCUT2D eigenvalue weighted by Crippen LogP contribution is -2.51. The zero-order valence-electron chi connectivity index (χ0n) is 11.1. The van der Waals surface area contributed by atoms with Gasteiger partial charge in [-0.3, -0.25) is 0 Å². The summed E-state index contributed by atoms with van der Waals surface area (Å²) in [4.78, 5) is 13.9. The van der Waals surface area contributed by atoms with Crippen molar-refractivity contribution in [3.05, 3.63) is 65.7 Å². The number of fused-ring (bicyclic) bond motifs is 1. The highest BCUT2D eigenvalue weighted by Crippen LogP contribution is 2.41. The van der Waals surface area contributed by atoms with Crippen molar-refractivity contribution < 1.29 is 4.79 Å². The van der Waals surface area contributed by atoms with Gasteiger partial charge >= 0.3 is 6.03 Å². The summed E-state index contributed by atoms with van der Waals surface area (Å²) in [7, 11) is 1.83. The number of hydrogen-bond acceptors (Lipinski definition) is 1. The Hall–Kier alpha value is -2.29. The van der Waals surface area contributed by atoms with E-state index < -0.39 is 5.54 Å². The van der Waals surface area contributed by atoms with E-state index in [1.165, 1.54) is 0 Å². The van der Waals surface area contributed by atoms with Gasteiger partial charge in [-0.2, -0.15) is 0 Å². The van der Waals surface area contributed by atoms with Crippen LogP contribution in [0.15, 0.2) is 54.6 Å². The Kier molecular flexibility index (Phi) is 2.56. The molecular formula is C16H16N2O. The molecule has 0 saturated carbocycles. The van der Waals surface area contributed by atoms with Crippen molar-refractivity contribution in [2.45, 2.75) is 12.5 Å². The molecule has 1 unspecified atom stereocenters. The standard InChI is InChI=1S/C16H16N2O/c1-16(12-8-4-3-5-9-12)13-10-6-7-11-14(13)17-15(19)18(16)2/h3-11H,1-2H3,(H,17,19). The lowest BCUT2D eigenvalue weighted by molar-refractivity contribution is 0.175. The van der Waals surface area contributed by atoms with Crippen molar-refractivity contribution in [3.8, 4) is 0 Å². The summed E-state index contributed by atoms with van der Waals surface area (Å²) < 4.78 is 0. The van der Waals surface area contributed by atoms with Crippen molar-refractivity contribution in [2.24, 2.45) is 0 Å². The minimum Gasteiger partial charge on any atom is -0.314 e. The molecule has 1 atom stereocenters. The molecule has 0 radical (unpaired) electrons. The van der Waals surface area contributed by atoms with Crippen LogP contribution in [0.3, 0.4) is 0 Å². The molecule has 1 aliphatic heterocycles. The third-order valence-electron chi connectivity index (χ3n) is 4.00. The average molecular weight is 252 g/mol. The molecule has 0 aliphatic carbocycles. The highest BCUT2D eigenvalue weighted by atomic mass is 16.2. The van der Waals surface area contributed by atoms with Crippen molar-refractivity contribution in [2.75, 3.05) is 12.4 Å². The third kappa shape index (κ3) is 1.62. The quantitative estimate of drug-likeness (QED) is 0.828. The summed E-state index contributed by atoms with van der Waals surface area (Å²) in [6.45, 7) is 2.08. The zero-order valence-corrected chi connectivity index (χ0v) is 11.1. The molecular weight excluding hydrogens is 236 g/mol. The number of nitrogens with one attached hydrogen (secondary N) is 1. The molecule has 1 aliphatic rings. The van der Waals surface area contributed by atoms with E-state index in [4.69, 9.17) is 0 Å². The van der Waals surface area contributed by atoms with Crippen LogP contribution >= 0.6 is 0 Å². The van der Waals surface area contributed by atoms with Crippen molar-refractivity contribution >= 4 is 11.7 Å². The largest absolute Gasteiger partial charge is 0.322 e. The van der Waals surface area contributed by atoms with Crippen LogP contribution in [0.2, 0.25) is 0 Å². The minimum atomic E-state index is -0.444. The SMILES string of the molecule is CN1C(=O)Nc2ccccc2C1(C)c1ccccc1. The van der Waals surface area contributed by atoms with Gasteiger partial charge in [0.25, 0.3) is 0 Å². The summed E-state index contributed by atoms with van der Waals surface area (Å²) in [5.74, 6) is 0. The normalized spacial score (nSPS) is 21.8. The lowest BCUT2D eigenvalue weighted by Gasteiger charge is -2.44. The fraction of sp³-hybridized carbons (Fsp3) is 0.188. The molecule has 0 aromatic heterocycles. The van der Waals surface area contributed by atoms with E-state index in [1.807, 2.05) is 43.4 Å². The van der Waals surface area contributed by atoms with Crippen LogP contribution in [0.25, 0.3) is 0 Å². The van der Waals surface area contributed by atoms with Gasteiger partial charge in [0.15, 0.2) is 0 Å². The van der Waals surface area contributed by atoms with Gasteiger partial charge in [-0.05, 0) is 18.6 Å². The van der Waals surface area contributed by atoms with Crippen LogP contribution in [0.1, 0.15) is 18.1 Å². The predicted molar refractivity (Wildman–Crippen MR) is 76.1 cm³/mol. The van der Waals surface area contributed by atoms with Crippen molar-refractivity contribution in [1.82, 2.24) is 4.90 Å². The van der Waals surface area contributed by atoms with Gasteiger partial charge in [-0.25, -0.2) is 4.79 Å². The van der Waals surface area contributed by atoms with Gasteiger partial charge in [-0.1, -0.05) is 48.5 Å². The maximum absolute atomic E-state index is 12.2. The molecule has 3 heteroatoms. The van der Waals surface area contributed by atoms with E-state index in [1.54, 1.807) is 4.90 Å². The fourth-order valence-corrected chi connectivity index (χ4v) is 2.71. The molecule has 2 aromatic rings. The number of benzene rings is 2. The molecule has 1 heterocycles. The Labute approximate surface area is 112 Å². The van der Waals surface area contributed by atoms with Gasteiger partial charge < -0.3 is 10.2 Å². The van der Waals surface area contributed by atoms with E-state index in [2.05, 4.69) is 30.4 Å². The molecule has 19 heavy (non-hydrogen) atoms. The van der Waals surface area contributed by atoms with Gasteiger partial charge in [0.05, 0.1) is 5.54 Å². The second-order valence-corrected chi connectivity index (χ2v) is 4.97. The first kappa shape index (κ1) is 11.8. The number of hydrogen-bond donors (Lipinski definition) is 1. The zero-order chi connectivity index (χ0) is 13.5. The van der Waals surface area contributed by atoms with Crippen LogP contribution in [0.5, 0.6) is 0 Å². The maximum atomic E-state index is 12.2. The first-order valence-corrected chi connectivity index (χ1v) is 6.34. The van der Waals surface area contributed by atoms with Gasteiger partial charge in [0.2, 0.25) is 0 Å². The number of rotatable bonds is 1. The molecule has 0 fully saturated rings. The molecule has 1 N–H and O–H groups in total. The number of urea groups is 1.